The highest BCUT2D eigenvalue weighted by molar-refractivity contribution is 5.69. The van der Waals surface area contributed by atoms with E-state index in [9.17, 15) is 25.2 Å². The van der Waals surface area contributed by atoms with E-state index in [0.717, 1.165) is 77.0 Å². The highest BCUT2D eigenvalue weighted by atomic mass is 16.7. The molecular weight excluding hydrogens is 805 g/mol. The Kier molecular flexibility index (Phi) is 43.1. The Morgan fingerprint density at radius 2 is 0.953 bits per heavy atom. The van der Waals surface area contributed by atoms with E-state index in [1.807, 2.05) is 0 Å². The molecule has 9 heteroatoms. The SMILES string of the molecule is CC/C=C\C/C=C\C/C=C\CCCCCCCC(=O)OC(COCCCCCCCCCCCCCCCC/C=C\C/C=C\CCCCCCC)COC1OC(CO)C(O)C(O)C1O. The molecule has 6 unspecified atom stereocenters. The van der Waals surface area contributed by atoms with Crippen LogP contribution in [0.5, 0.6) is 0 Å². The van der Waals surface area contributed by atoms with Gasteiger partial charge in [-0.1, -0.05) is 197 Å². The van der Waals surface area contributed by atoms with E-state index in [4.69, 9.17) is 18.9 Å². The van der Waals surface area contributed by atoms with Gasteiger partial charge in [-0.05, 0) is 77.0 Å². The summed E-state index contributed by atoms with van der Waals surface area (Å²) in [4.78, 5) is 12.8. The molecular formula is C55H98O9. The maximum absolute atomic E-state index is 12.8. The number of carbonyl (C=O) groups is 1. The van der Waals surface area contributed by atoms with Crippen molar-refractivity contribution in [3.63, 3.8) is 0 Å². The second-order valence-corrected chi connectivity index (χ2v) is 17.9. The molecule has 0 aliphatic carbocycles. The first-order valence-electron chi connectivity index (χ1n) is 26.4. The summed E-state index contributed by atoms with van der Waals surface area (Å²) in [6.45, 7) is 4.43. The highest BCUT2D eigenvalue weighted by Gasteiger charge is 2.44. The molecule has 0 spiro atoms. The molecule has 1 saturated heterocycles. The number of unbranched alkanes of at least 4 members (excludes halogenated alkanes) is 24. The predicted molar refractivity (Wildman–Crippen MR) is 265 cm³/mol. The van der Waals surface area contributed by atoms with Crippen molar-refractivity contribution < 1.29 is 44.2 Å². The van der Waals surface area contributed by atoms with Crippen LogP contribution in [-0.2, 0) is 23.7 Å². The van der Waals surface area contributed by atoms with Crippen LogP contribution in [0.25, 0.3) is 0 Å². The molecule has 1 aliphatic heterocycles. The fourth-order valence-electron chi connectivity index (χ4n) is 7.83. The maximum Gasteiger partial charge on any atom is 0.306 e. The standard InChI is InChI=1S/C55H98O9/c1-3-5-7-9-11-13-15-17-19-20-21-22-23-24-25-26-27-28-29-31-33-35-37-39-41-43-45-61-47-49(48-62-55-54(60)53(59)52(58)50(46-56)64-55)63-51(57)44-42-40-38-36-34-32-30-18-16-14-12-10-8-6-4-2/h6,8,12,14-15,17-18,20-21,30,49-50,52-56,58-60H,3-5,7,9-11,13,16,19,22-29,31-48H2,1-2H3/b8-6-,14-12-,17-15-,21-20-,30-18-. The number of allylic oxidation sites excluding steroid dienone is 10. The minimum atomic E-state index is -1.54. The molecule has 372 valence electrons. The van der Waals surface area contributed by atoms with E-state index in [-0.39, 0.29) is 19.2 Å². The minimum absolute atomic E-state index is 0.122. The molecule has 0 aromatic heterocycles. The Labute approximate surface area is 392 Å². The number of rotatable bonds is 45. The molecule has 64 heavy (non-hydrogen) atoms. The fourth-order valence-corrected chi connectivity index (χ4v) is 7.83. The molecule has 1 fully saturated rings. The van der Waals surface area contributed by atoms with Crippen LogP contribution in [0, 0.1) is 0 Å². The Balaban J connectivity index is 2.16. The quantitative estimate of drug-likeness (QED) is 0.0268. The summed E-state index contributed by atoms with van der Waals surface area (Å²) in [6.07, 6.45) is 52.6. The molecule has 1 rings (SSSR count). The second-order valence-electron chi connectivity index (χ2n) is 17.9. The lowest BCUT2D eigenvalue weighted by atomic mass is 9.99. The van der Waals surface area contributed by atoms with Crippen LogP contribution in [0.2, 0.25) is 0 Å². The van der Waals surface area contributed by atoms with E-state index < -0.39 is 43.4 Å². The van der Waals surface area contributed by atoms with Gasteiger partial charge in [-0.3, -0.25) is 4.79 Å². The molecule has 0 amide bonds. The molecule has 6 atom stereocenters. The van der Waals surface area contributed by atoms with E-state index in [0.29, 0.717) is 13.0 Å². The largest absolute Gasteiger partial charge is 0.457 e. The molecule has 4 N–H and O–H groups in total. The number of esters is 1. The van der Waals surface area contributed by atoms with Crippen molar-refractivity contribution in [2.75, 3.05) is 26.4 Å². The Hall–Kier alpha value is -2.11. The molecule has 1 aliphatic rings. The fraction of sp³-hybridized carbons (Fsp3) is 0.800. The lowest BCUT2D eigenvalue weighted by molar-refractivity contribution is -0.305. The van der Waals surface area contributed by atoms with E-state index >= 15 is 0 Å². The summed E-state index contributed by atoms with van der Waals surface area (Å²) in [6, 6.07) is 0. The summed E-state index contributed by atoms with van der Waals surface area (Å²) in [7, 11) is 0. The Bertz CT molecular complexity index is 1160. The van der Waals surface area contributed by atoms with Crippen LogP contribution in [0.4, 0.5) is 0 Å². The normalized spacial score (nSPS) is 20.0. The van der Waals surface area contributed by atoms with Gasteiger partial charge in [-0.2, -0.15) is 0 Å². The first-order valence-corrected chi connectivity index (χ1v) is 26.4. The molecule has 0 saturated carbocycles. The molecule has 0 aromatic rings. The van der Waals surface area contributed by atoms with Crippen LogP contribution in [-0.4, -0.2) is 89.6 Å². The highest BCUT2D eigenvalue weighted by Crippen LogP contribution is 2.23. The van der Waals surface area contributed by atoms with Crippen molar-refractivity contribution in [1.82, 2.24) is 0 Å². The average Bonchev–Trinajstić information content (AvgIpc) is 3.30. The smallest absolute Gasteiger partial charge is 0.306 e. The van der Waals surface area contributed by atoms with Gasteiger partial charge in [0.1, 0.15) is 30.5 Å². The van der Waals surface area contributed by atoms with Crippen molar-refractivity contribution in [2.45, 2.75) is 256 Å². The molecule has 0 aromatic carbocycles. The number of aliphatic hydroxyl groups is 4. The van der Waals surface area contributed by atoms with Gasteiger partial charge >= 0.3 is 5.97 Å². The van der Waals surface area contributed by atoms with E-state index in [1.54, 1.807) is 0 Å². The summed E-state index contributed by atoms with van der Waals surface area (Å²) >= 11 is 0. The number of hydrogen-bond acceptors (Lipinski definition) is 9. The van der Waals surface area contributed by atoms with Crippen LogP contribution in [0.3, 0.4) is 0 Å². The van der Waals surface area contributed by atoms with Crippen molar-refractivity contribution in [3.8, 4) is 0 Å². The van der Waals surface area contributed by atoms with Crippen molar-refractivity contribution in [2.24, 2.45) is 0 Å². The Morgan fingerprint density at radius 3 is 1.44 bits per heavy atom. The van der Waals surface area contributed by atoms with Crippen LogP contribution in [0.1, 0.15) is 219 Å². The minimum Gasteiger partial charge on any atom is -0.457 e. The average molecular weight is 903 g/mol. The van der Waals surface area contributed by atoms with Crippen molar-refractivity contribution in [1.29, 1.82) is 0 Å². The third-order valence-electron chi connectivity index (χ3n) is 11.9. The Morgan fingerprint density at radius 1 is 0.516 bits per heavy atom. The zero-order chi connectivity index (χ0) is 46.4. The molecule has 0 bridgehead atoms. The number of ether oxygens (including phenoxy) is 4. The zero-order valence-electron chi connectivity index (χ0n) is 41.0. The lowest BCUT2D eigenvalue weighted by Crippen LogP contribution is -2.59. The summed E-state index contributed by atoms with van der Waals surface area (Å²) in [5.74, 6) is -0.330. The monoisotopic (exact) mass is 903 g/mol. The number of hydrogen-bond donors (Lipinski definition) is 4. The van der Waals surface area contributed by atoms with Gasteiger partial charge in [0.2, 0.25) is 0 Å². The van der Waals surface area contributed by atoms with Crippen molar-refractivity contribution >= 4 is 5.97 Å². The summed E-state index contributed by atoms with van der Waals surface area (Å²) in [5.41, 5.74) is 0. The lowest BCUT2D eigenvalue weighted by Gasteiger charge is -2.39. The van der Waals surface area contributed by atoms with Gasteiger partial charge in [0.15, 0.2) is 6.29 Å². The zero-order valence-corrected chi connectivity index (χ0v) is 41.0. The van der Waals surface area contributed by atoms with Gasteiger partial charge in [-0.25, -0.2) is 0 Å². The summed E-state index contributed by atoms with van der Waals surface area (Å²) < 4.78 is 22.9. The second kappa shape index (κ2) is 46.0. The molecule has 0 radical (unpaired) electrons. The molecule has 9 nitrogen and oxygen atoms in total. The number of aliphatic hydroxyl groups excluding tert-OH is 4. The van der Waals surface area contributed by atoms with Crippen LogP contribution >= 0.6 is 0 Å². The van der Waals surface area contributed by atoms with E-state index in [2.05, 4.69) is 74.6 Å². The summed E-state index contributed by atoms with van der Waals surface area (Å²) in [5, 5.41) is 40.2. The first kappa shape index (κ1) is 59.9. The maximum atomic E-state index is 12.8. The van der Waals surface area contributed by atoms with E-state index in [1.165, 1.54) is 122 Å². The molecule has 1 heterocycles. The van der Waals surface area contributed by atoms with Crippen LogP contribution < -0.4 is 0 Å². The third-order valence-corrected chi connectivity index (χ3v) is 11.9. The van der Waals surface area contributed by atoms with Crippen LogP contribution in [0.15, 0.2) is 60.8 Å². The van der Waals surface area contributed by atoms with Crippen molar-refractivity contribution in [3.05, 3.63) is 60.8 Å². The number of carbonyl (C=O) groups excluding carboxylic acids is 1. The predicted octanol–water partition coefficient (Wildman–Crippen LogP) is 13.0. The first-order chi connectivity index (χ1) is 31.4. The topological polar surface area (TPSA) is 135 Å². The van der Waals surface area contributed by atoms with Gasteiger partial charge in [0, 0.05) is 13.0 Å². The van der Waals surface area contributed by atoms with Gasteiger partial charge in [0.05, 0.1) is 19.8 Å². The third kappa shape index (κ3) is 36.1. The van der Waals surface area contributed by atoms with Gasteiger partial charge in [0.25, 0.3) is 0 Å². The van der Waals surface area contributed by atoms with Gasteiger partial charge < -0.3 is 39.4 Å². The van der Waals surface area contributed by atoms with Gasteiger partial charge in [-0.15, -0.1) is 0 Å².